The number of nitrogens with two attached hydrogens (primary N) is 4. The summed E-state index contributed by atoms with van der Waals surface area (Å²) in [6, 6.07) is 11.7. The number of aryl methyl sites for hydroxylation is 1. The molecule has 1 unspecified atom stereocenters. The molecule has 32 heavy (non-hydrogen) atoms. The summed E-state index contributed by atoms with van der Waals surface area (Å²) in [5, 5.41) is 2.22. The van der Waals surface area contributed by atoms with E-state index in [1.54, 1.807) is 0 Å². The van der Waals surface area contributed by atoms with Crippen LogP contribution in [0.4, 0.5) is 0 Å². The molecule has 3 rings (SSSR count). The van der Waals surface area contributed by atoms with Crippen molar-refractivity contribution in [2.75, 3.05) is 6.54 Å². The number of nitrogens with zero attached hydrogens (tertiary/aromatic N) is 3. The lowest BCUT2D eigenvalue weighted by Crippen LogP contribution is -2.38. The maximum atomic E-state index is 11.4. The highest BCUT2D eigenvalue weighted by Crippen LogP contribution is 2.20. The van der Waals surface area contributed by atoms with Crippen LogP contribution in [0.15, 0.2) is 53.8 Å². The van der Waals surface area contributed by atoms with Crippen molar-refractivity contribution in [2.24, 2.45) is 27.9 Å². The van der Waals surface area contributed by atoms with Crippen molar-refractivity contribution in [3.63, 3.8) is 0 Å². The van der Waals surface area contributed by atoms with Crippen LogP contribution in [-0.4, -0.2) is 40.2 Å². The number of unbranched alkanes of at least 4 members (excludes halogenated alkanes) is 1. The Morgan fingerprint density at radius 2 is 1.50 bits per heavy atom. The molecule has 0 bridgehead atoms. The van der Waals surface area contributed by atoms with Gasteiger partial charge in [-0.05, 0) is 47.6 Å². The van der Waals surface area contributed by atoms with Crippen LogP contribution >= 0.6 is 0 Å². The number of carbonyl (C=O) groups is 2. The number of hydrogen-bond donors (Lipinski definition) is 4. The molecule has 0 aliphatic rings. The van der Waals surface area contributed by atoms with Gasteiger partial charge in [-0.25, -0.2) is 9.97 Å². The average Bonchev–Trinajstić information content (AvgIpc) is 2.78. The maximum absolute atomic E-state index is 11.4. The summed E-state index contributed by atoms with van der Waals surface area (Å²) in [5.74, 6) is -1.04. The van der Waals surface area contributed by atoms with Gasteiger partial charge in [0.05, 0.1) is 6.04 Å². The first-order valence-corrected chi connectivity index (χ1v) is 10.3. The number of aliphatic imine (C=N–C) groups is 1. The van der Waals surface area contributed by atoms with Crippen molar-refractivity contribution >= 4 is 28.4 Å². The third-order valence-electron chi connectivity index (χ3n) is 5.12. The minimum atomic E-state index is -0.689. The van der Waals surface area contributed by atoms with Crippen LogP contribution in [-0.2, 0) is 17.6 Å². The Kier molecular flexibility index (Phi) is 7.45. The van der Waals surface area contributed by atoms with Gasteiger partial charge in [0, 0.05) is 18.9 Å². The molecule has 1 aromatic heterocycles. The molecule has 0 aliphatic carbocycles. The second-order valence-electron chi connectivity index (χ2n) is 7.57. The van der Waals surface area contributed by atoms with Crippen LogP contribution in [0.5, 0.6) is 0 Å². The molecule has 0 aliphatic heterocycles. The minimum absolute atomic E-state index is 0.0182. The normalized spacial score (nSPS) is 12.6. The van der Waals surface area contributed by atoms with Crippen LogP contribution < -0.4 is 22.9 Å². The van der Waals surface area contributed by atoms with E-state index >= 15 is 0 Å². The molecule has 1 heterocycles. The lowest BCUT2D eigenvalue weighted by atomic mass is 9.99. The molecule has 3 aromatic rings. The quantitative estimate of drug-likeness (QED) is 0.209. The number of benzene rings is 2. The Morgan fingerprint density at radius 3 is 2.16 bits per heavy atom. The van der Waals surface area contributed by atoms with Gasteiger partial charge in [0.15, 0.2) is 5.69 Å². The van der Waals surface area contributed by atoms with Crippen LogP contribution in [0.25, 0.3) is 10.8 Å². The number of amides is 2. The van der Waals surface area contributed by atoms with E-state index < -0.39 is 17.9 Å². The van der Waals surface area contributed by atoms with Gasteiger partial charge in [0.25, 0.3) is 5.91 Å². The number of primary amides is 2. The summed E-state index contributed by atoms with van der Waals surface area (Å²) in [7, 11) is 0. The zero-order valence-electron chi connectivity index (χ0n) is 17.7. The van der Waals surface area contributed by atoms with Crippen molar-refractivity contribution < 1.29 is 9.59 Å². The van der Waals surface area contributed by atoms with Gasteiger partial charge >= 0.3 is 0 Å². The van der Waals surface area contributed by atoms with Gasteiger partial charge in [-0.3, -0.25) is 14.6 Å². The Morgan fingerprint density at radius 1 is 0.875 bits per heavy atom. The predicted octanol–water partition coefficient (Wildman–Crippen LogP) is 0.812. The summed E-state index contributed by atoms with van der Waals surface area (Å²) >= 11 is 0. The zero-order chi connectivity index (χ0) is 23.1. The maximum Gasteiger partial charge on any atom is 0.269 e. The predicted molar refractivity (Wildman–Crippen MR) is 124 cm³/mol. The van der Waals surface area contributed by atoms with Crippen molar-refractivity contribution in [1.82, 2.24) is 9.97 Å². The van der Waals surface area contributed by atoms with Crippen LogP contribution in [0, 0.1) is 0 Å². The third kappa shape index (κ3) is 5.86. The number of fused-ring (bicyclic) bond motifs is 1. The molecular weight excluding hydrogens is 406 g/mol. The molecule has 0 radical (unpaired) electrons. The van der Waals surface area contributed by atoms with E-state index in [9.17, 15) is 9.59 Å². The number of carbonyl (C=O) groups excluding carboxylic acids is 2. The first-order chi connectivity index (χ1) is 15.3. The molecular formula is C23H27N7O2. The van der Waals surface area contributed by atoms with Crippen LogP contribution in [0.3, 0.4) is 0 Å². The second kappa shape index (κ2) is 10.5. The SMILES string of the molecule is NC(=O)c1nccnc1C(N)=NCCCCc1ccc2cc(CC(N)C(N)=O)ccc2c1. The summed E-state index contributed by atoms with van der Waals surface area (Å²) < 4.78 is 0. The number of amidine groups is 1. The number of rotatable bonds is 10. The first kappa shape index (κ1) is 22.8. The molecule has 8 N–H and O–H groups in total. The lowest BCUT2D eigenvalue weighted by Gasteiger charge is -2.09. The average molecular weight is 434 g/mol. The van der Waals surface area contributed by atoms with E-state index in [4.69, 9.17) is 22.9 Å². The van der Waals surface area contributed by atoms with Crippen molar-refractivity contribution in [1.29, 1.82) is 0 Å². The number of hydrogen-bond acceptors (Lipinski definition) is 6. The molecule has 0 fully saturated rings. The standard InChI is InChI=1S/C23H27N7O2/c24-18(22(26)31)13-15-5-7-16-11-14(4-6-17(16)12-15)3-1-2-8-30-21(25)19-20(23(27)32)29-10-9-28-19/h4-7,9-12,18H,1-3,8,13,24H2,(H2,25,30)(H2,26,31)(H2,27,32). The van der Waals surface area contributed by atoms with Gasteiger partial charge in [-0.15, -0.1) is 0 Å². The van der Waals surface area contributed by atoms with Gasteiger partial charge in [-0.1, -0.05) is 36.4 Å². The van der Waals surface area contributed by atoms with E-state index in [0.29, 0.717) is 13.0 Å². The van der Waals surface area contributed by atoms with Crippen molar-refractivity contribution in [3.8, 4) is 0 Å². The zero-order valence-corrected chi connectivity index (χ0v) is 17.7. The number of aromatic nitrogens is 2. The molecule has 2 aromatic carbocycles. The van der Waals surface area contributed by atoms with Crippen molar-refractivity contribution in [2.45, 2.75) is 31.7 Å². The molecule has 0 saturated carbocycles. The van der Waals surface area contributed by atoms with E-state index in [1.165, 1.54) is 18.0 Å². The fraction of sp³-hybridized carbons (Fsp3) is 0.261. The monoisotopic (exact) mass is 433 g/mol. The molecule has 0 spiro atoms. The topological polar surface area (TPSA) is 176 Å². The smallest absolute Gasteiger partial charge is 0.269 e. The summed E-state index contributed by atoms with van der Waals surface area (Å²) in [4.78, 5) is 34.9. The Balaban J connectivity index is 1.55. The van der Waals surface area contributed by atoms with Crippen molar-refractivity contribution in [3.05, 3.63) is 71.3 Å². The van der Waals surface area contributed by atoms with E-state index in [2.05, 4.69) is 33.2 Å². The molecule has 1 atom stereocenters. The Labute approximate surface area is 185 Å². The van der Waals surface area contributed by atoms with Gasteiger partial charge in [0.2, 0.25) is 5.91 Å². The third-order valence-corrected chi connectivity index (χ3v) is 5.12. The van der Waals surface area contributed by atoms with E-state index in [0.717, 1.165) is 35.6 Å². The van der Waals surface area contributed by atoms with Gasteiger partial charge < -0.3 is 22.9 Å². The summed E-state index contributed by atoms with van der Waals surface area (Å²) in [6.07, 6.45) is 5.91. The summed E-state index contributed by atoms with van der Waals surface area (Å²) in [5.41, 5.74) is 24.7. The molecule has 166 valence electrons. The van der Waals surface area contributed by atoms with E-state index in [1.807, 2.05) is 18.2 Å². The molecule has 9 heteroatoms. The highest BCUT2D eigenvalue weighted by Gasteiger charge is 2.13. The van der Waals surface area contributed by atoms with Gasteiger partial charge in [0.1, 0.15) is 11.5 Å². The molecule has 2 amide bonds. The fourth-order valence-electron chi connectivity index (χ4n) is 3.40. The lowest BCUT2D eigenvalue weighted by molar-refractivity contribution is -0.119. The molecule has 0 saturated heterocycles. The summed E-state index contributed by atoms with van der Waals surface area (Å²) in [6.45, 7) is 0.512. The van der Waals surface area contributed by atoms with Crippen LogP contribution in [0.1, 0.15) is 40.2 Å². The second-order valence-corrected chi connectivity index (χ2v) is 7.57. The highest BCUT2D eigenvalue weighted by atomic mass is 16.1. The minimum Gasteiger partial charge on any atom is -0.382 e. The Bertz CT molecular complexity index is 1160. The first-order valence-electron chi connectivity index (χ1n) is 10.3. The fourth-order valence-corrected chi connectivity index (χ4v) is 3.40. The largest absolute Gasteiger partial charge is 0.382 e. The molecule has 9 nitrogen and oxygen atoms in total. The highest BCUT2D eigenvalue weighted by molar-refractivity contribution is 6.05. The van der Waals surface area contributed by atoms with E-state index in [-0.39, 0.29) is 17.2 Å². The van der Waals surface area contributed by atoms with Gasteiger partial charge in [-0.2, -0.15) is 0 Å². The Hall–Kier alpha value is -3.85. The van der Waals surface area contributed by atoms with Crippen LogP contribution in [0.2, 0.25) is 0 Å².